The Labute approximate surface area is 145 Å². The summed E-state index contributed by atoms with van der Waals surface area (Å²) in [4.78, 5) is 14.2. The fraction of sp³-hybridized carbons (Fsp3) is 0.562. The summed E-state index contributed by atoms with van der Waals surface area (Å²) in [7, 11) is 0. The number of carbonyl (C=O) groups excluding carboxylic acids is 1. The van der Waals surface area contributed by atoms with Crippen LogP contribution in [-0.4, -0.2) is 36.5 Å². The number of hydrogen-bond acceptors (Lipinski definition) is 3. The molecule has 0 bridgehead atoms. The minimum Gasteiger partial charge on any atom is -0.492 e. The number of nitrogens with two attached hydrogens (primary N) is 1. The molecule has 2 atom stereocenters. The van der Waals surface area contributed by atoms with Gasteiger partial charge in [-0.15, -0.1) is 0 Å². The van der Waals surface area contributed by atoms with E-state index < -0.39 is 0 Å². The van der Waals surface area contributed by atoms with E-state index in [1.54, 1.807) is 18.2 Å². The Bertz CT molecular complexity index is 525. The molecule has 1 aromatic rings. The summed E-state index contributed by atoms with van der Waals surface area (Å²) in [6.45, 7) is 3.96. The third-order valence-electron chi connectivity index (χ3n) is 4.02. The highest BCUT2D eigenvalue weighted by molar-refractivity contribution is 9.10. The minimum absolute atomic E-state index is 0.135. The van der Waals surface area contributed by atoms with Crippen LogP contribution in [0.15, 0.2) is 22.7 Å². The summed E-state index contributed by atoms with van der Waals surface area (Å²) in [5.74, 6) is 1.24. The first-order valence-corrected chi connectivity index (χ1v) is 8.75. The molecule has 1 aliphatic rings. The summed E-state index contributed by atoms with van der Waals surface area (Å²) in [6, 6.07) is 5.47. The molecule has 1 amide bonds. The molecule has 1 fully saturated rings. The van der Waals surface area contributed by atoms with Gasteiger partial charge in [-0.25, -0.2) is 0 Å². The van der Waals surface area contributed by atoms with Crippen LogP contribution in [-0.2, 0) is 4.79 Å². The second kappa shape index (κ2) is 8.18. The molecule has 0 unspecified atom stereocenters. The monoisotopic (exact) mass is 388 g/mol. The molecule has 0 spiro atoms. The number of ether oxygens (including phenoxy) is 1. The Kier molecular flexibility index (Phi) is 6.53. The number of likely N-dealkylation sites (tertiary alicyclic amines) is 1. The maximum atomic E-state index is 12.3. The van der Waals surface area contributed by atoms with Crippen LogP contribution in [0.3, 0.4) is 0 Å². The zero-order valence-corrected chi connectivity index (χ0v) is 15.1. The average Bonchev–Trinajstić information content (AvgIpc) is 2.49. The largest absolute Gasteiger partial charge is 0.492 e. The lowest BCUT2D eigenvalue weighted by Gasteiger charge is -2.34. The fourth-order valence-electron chi connectivity index (χ4n) is 2.66. The van der Waals surface area contributed by atoms with Crippen molar-refractivity contribution in [1.29, 1.82) is 0 Å². The molecule has 6 heteroatoms. The number of nitrogens with zero attached hydrogens (tertiary/aromatic N) is 1. The van der Waals surface area contributed by atoms with Gasteiger partial charge < -0.3 is 15.4 Å². The third-order valence-corrected chi connectivity index (χ3v) is 4.88. The van der Waals surface area contributed by atoms with E-state index >= 15 is 0 Å². The van der Waals surface area contributed by atoms with Crippen LogP contribution in [0.25, 0.3) is 0 Å². The first kappa shape index (κ1) is 17.6. The molecule has 1 heterocycles. The number of hydrogen-bond donors (Lipinski definition) is 1. The van der Waals surface area contributed by atoms with Crippen LogP contribution in [0.1, 0.15) is 26.2 Å². The molecule has 0 saturated carbocycles. The van der Waals surface area contributed by atoms with E-state index in [4.69, 9.17) is 22.1 Å². The topological polar surface area (TPSA) is 55.6 Å². The van der Waals surface area contributed by atoms with E-state index in [2.05, 4.69) is 15.9 Å². The molecule has 1 aromatic carbocycles. The molecule has 2 N–H and O–H groups in total. The summed E-state index contributed by atoms with van der Waals surface area (Å²) in [5, 5.41) is 0.644. The van der Waals surface area contributed by atoms with Crippen molar-refractivity contribution in [3.05, 3.63) is 27.7 Å². The highest BCUT2D eigenvalue weighted by Crippen LogP contribution is 2.28. The summed E-state index contributed by atoms with van der Waals surface area (Å²) < 4.78 is 6.44. The lowest BCUT2D eigenvalue weighted by atomic mass is 9.92. The lowest BCUT2D eigenvalue weighted by molar-refractivity contribution is -0.133. The van der Waals surface area contributed by atoms with Crippen LogP contribution in [0.4, 0.5) is 0 Å². The number of halogens is 2. The van der Waals surface area contributed by atoms with Gasteiger partial charge in [0, 0.05) is 24.2 Å². The van der Waals surface area contributed by atoms with Crippen molar-refractivity contribution in [2.45, 2.75) is 32.2 Å². The van der Waals surface area contributed by atoms with Gasteiger partial charge in [0.15, 0.2) is 0 Å². The smallest absolute Gasteiger partial charge is 0.226 e. The number of rotatable bonds is 5. The van der Waals surface area contributed by atoms with Gasteiger partial charge in [-0.2, -0.15) is 0 Å². The summed E-state index contributed by atoms with van der Waals surface area (Å²) >= 11 is 9.28. The number of piperidine rings is 1. The van der Waals surface area contributed by atoms with E-state index in [9.17, 15) is 4.79 Å². The molecule has 1 aliphatic heterocycles. The van der Waals surface area contributed by atoms with Crippen LogP contribution >= 0.6 is 27.5 Å². The molecule has 0 aliphatic carbocycles. The Hall–Kier alpha value is -0.780. The standard InChI is InChI=1S/C16H22BrClN2O2/c1-11(19)12-3-2-7-20(10-12)16(21)6-8-22-15-5-4-13(18)9-14(15)17/h4-5,9,11-12H,2-3,6-8,10,19H2,1H3/t11-,12+/m0/s1. The van der Waals surface area contributed by atoms with Gasteiger partial charge >= 0.3 is 0 Å². The first-order chi connectivity index (χ1) is 10.5. The normalized spacial score (nSPS) is 19.8. The predicted octanol–water partition coefficient (Wildman–Crippen LogP) is 3.46. The van der Waals surface area contributed by atoms with Crippen LogP contribution in [0.5, 0.6) is 5.75 Å². The number of carbonyl (C=O) groups is 1. The van der Waals surface area contributed by atoms with Gasteiger partial charge in [0.05, 0.1) is 17.5 Å². The van der Waals surface area contributed by atoms with Gasteiger partial charge in [0.25, 0.3) is 0 Å². The van der Waals surface area contributed by atoms with E-state index in [1.807, 2.05) is 11.8 Å². The Morgan fingerprint density at radius 2 is 2.36 bits per heavy atom. The zero-order valence-electron chi connectivity index (χ0n) is 12.7. The highest BCUT2D eigenvalue weighted by atomic mass is 79.9. The molecule has 1 saturated heterocycles. The molecule has 122 valence electrons. The zero-order chi connectivity index (χ0) is 16.1. The van der Waals surface area contributed by atoms with Crippen molar-refractivity contribution in [3.8, 4) is 5.75 Å². The van der Waals surface area contributed by atoms with Gasteiger partial charge in [-0.05, 0) is 59.8 Å². The highest BCUT2D eigenvalue weighted by Gasteiger charge is 2.25. The summed E-state index contributed by atoms with van der Waals surface area (Å²) in [5.41, 5.74) is 5.96. The molecular formula is C16H22BrClN2O2. The van der Waals surface area contributed by atoms with Crippen LogP contribution in [0.2, 0.25) is 5.02 Å². The molecule has 0 radical (unpaired) electrons. The van der Waals surface area contributed by atoms with E-state index in [1.165, 1.54) is 0 Å². The predicted molar refractivity (Wildman–Crippen MR) is 92.2 cm³/mol. The van der Waals surface area contributed by atoms with E-state index in [0.717, 1.165) is 30.4 Å². The van der Waals surface area contributed by atoms with Crippen molar-refractivity contribution in [3.63, 3.8) is 0 Å². The van der Waals surface area contributed by atoms with E-state index in [0.29, 0.717) is 29.7 Å². The quantitative estimate of drug-likeness (QED) is 0.839. The molecular weight excluding hydrogens is 368 g/mol. The Balaban J connectivity index is 1.80. The van der Waals surface area contributed by atoms with Gasteiger partial charge in [-0.3, -0.25) is 4.79 Å². The van der Waals surface area contributed by atoms with Crippen molar-refractivity contribution in [2.75, 3.05) is 19.7 Å². The third kappa shape index (κ3) is 4.86. The average molecular weight is 390 g/mol. The molecule has 22 heavy (non-hydrogen) atoms. The lowest BCUT2D eigenvalue weighted by Crippen LogP contribution is -2.45. The van der Waals surface area contributed by atoms with Crippen LogP contribution in [0, 0.1) is 5.92 Å². The number of amides is 1. The van der Waals surface area contributed by atoms with Crippen molar-refractivity contribution >= 4 is 33.4 Å². The maximum Gasteiger partial charge on any atom is 0.226 e. The minimum atomic E-state index is 0.135. The van der Waals surface area contributed by atoms with Gasteiger partial charge in [-0.1, -0.05) is 11.6 Å². The Morgan fingerprint density at radius 1 is 1.59 bits per heavy atom. The molecule has 0 aromatic heterocycles. The van der Waals surface area contributed by atoms with Crippen molar-refractivity contribution < 1.29 is 9.53 Å². The second-order valence-corrected chi connectivity index (χ2v) is 7.07. The Morgan fingerprint density at radius 3 is 3.05 bits per heavy atom. The van der Waals surface area contributed by atoms with Gasteiger partial charge in [0.2, 0.25) is 5.91 Å². The SMILES string of the molecule is C[C@H](N)[C@@H]1CCCN(C(=O)CCOc2ccc(Cl)cc2Br)C1. The van der Waals surface area contributed by atoms with Crippen molar-refractivity contribution in [1.82, 2.24) is 4.90 Å². The van der Waals surface area contributed by atoms with Gasteiger partial charge in [0.1, 0.15) is 5.75 Å². The first-order valence-electron chi connectivity index (χ1n) is 7.58. The van der Waals surface area contributed by atoms with Crippen molar-refractivity contribution in [2.24, 2.45) is 11.7 Å². The van der Waals surface area contributed by atoms with E-state index in [-0.39, 0.29) is 11.9 Å². The number of benzene rings is 1. The molecule has 2 rings (SSSR count). The molecule has 4 nitrogen and oxygen atoms in total. The fourth-order valence-corrected chi connectivity index (χ4v) is 3.46. The second-order valence-electron chi connectivity index (χ2n) is 5.77. The summed E-state index contributed by atoms with van der Waals surface area (Å²) in [6.07, 6.45) is 2.51. The van der Waals surface area contributed by atoms with Crippen LogP contribution < -0.4 is 10.5 Å². The maximum absolute atomic E-state index is 12.3.